The molecule has 0 bridgehead atoms. The first-order valence-corrected chi connectivity index (χ1v) is 8.32. The normalized spacial score (nSPS) is 21.1. The highest BCUT2D eigenvalue weighted by Crippen LogP contribution is 2.53. The molecule has 0 unspecified atom stereocenters. The van der Waals surface area contributed by atoms with Crippen LogP contribution in [0, 0.1) is 0 Å². The van der Waals surface area contributed by atoms with Crippen LogP contribution in [0.5, 0.6) is 0 Å². The lowest BCUT2D eigenvalue weighted by Crippen LogP contribution is -2.49. The molecule has 0 radical (unpaired) electrons. The van der Waals surface area contributed by atoms with Crippen molar-refractivity contribution in [1.29, 1.82) is 0 Å². The van der Waals surface area contributed by atoms with Crippen molar-refractivity contribution in [3.63, 3.8) is 0 Å². The molecule has 0 spiro atoms. The fourth-order valence-electron chi connectivity index (χ4n) is 3.66. The zero-order valence-corrected chi connectivity index (χ0v) is 13.6. The van der Waals surface area contributed by atoms with Gasteiger partial charge in [-0.05, 0) is 38.3 Å². The van der Waals surface area contributed by atoms with Crippen LogP contribution in [0.1, 0.15) is 38.7 Å². The van der Waals surface area contributed by atoms with Crippen LogP contribution < -0.4 is 4.90 Å². The summed E-state index contributed by atoms with van der Waals surface area (Å²) in [4.78, 5) is 16.2. The number of nitrogens with zero attached hydrogens (tertiary/aromatic N) is 2. The summed E-state index contributed by atoms with van der Waals surface area (Å²) in [5, 5.41) is 9.23. The number of para-hydroxylation sites is 1. The van der Waals surface area contributed by atoms with E-state index in [1.807, 2.05) is 6.07 Å². The van der Waals surface area contributed by atoms with Gasteiger partial charge in [-0.3, -0.25) is 9.69 Å². The van der Waals surface area contributed by atoms with E-state index in [0.717, 1.165) is 39.0 Å². The summed E-state index contributed by atoms with van der Waals surface area (Å²) in [6.07, 6.45) is 2.26. The summed E-state index contributed by atoms with van der Waals surface area (Å²) < 4.78 is 0. The fraction of sp³-hybridized carbons (Fsp3) is 0.611. The molecule has 120 valence electrons. The lowest BCUT2D eigenvalue weighted by Gasteiger charge is -2.39. The number of hydrogen-bond donors (Lipinski definition) is 1. The topological polar surface area (TPSA) is 43.8 Å². The van der Waals surface area contributed by atoms with Crippen LogP contribution >= 0.6 is 0 Å². The molecule has 0 atom stereocenters. The first-order valence-electron chi connectivity index (χ1n) is 8.32. The van der Waals surface area contributed by atoms with E-state index in [1.165, 1.54) is 11.3 Å². The second kappa shape index (κ2) is 5.92. The fourth-order valence-corrected chi connectivity index (χ4v) is 3.66. The summed E-state index contributed by atoms with van der Waals surface area (Å²) in [6.45, 7) is 8.71. The van der Waals surface area contributed by atoms with Crippen molar-refractivity contribution in [2.75, 3.05) is 31.1 Å². The summed E-state index contributed by atoms with van der Waals surface area (Å²) >= 11 is 0. The van der Waals surface area contributed by atoms with Crippen molar-refractivity contribution in [3.8, 4) is 0 Å². The maximum absolute atomic E-state index is 11.2. The maximum Gasteiger partial charge on any atom is 0.304 e. The van der Waals surface area contributed by atoms with E-state index in [9.17, 15) is 9.90 Å². The second-order valence-corrected chi connectivity index (χ2v) is 6.98. The van der Waals surface area contributed by atoms with Gasteiger partial charge in [0.25, 0.3) is 0 Å². The number of piperazine rings is 1. The molecule has 2 fully saturated rings. The first kappa shape index (κ1) is 15.3. The van der Waals surface area contributed by atoms with Crippen LogP contribution in [0.2, 0.25) is 0 Å². The van der Waals surface area contributed by atoms with E-state index in [4.69, 9.17) is 0 Å². The van der Waals surface area contributed by atoms with Crippen LogP contribution in [-0.2, 0) is 10.2 Å². The van der Waals surface area contributed by atoms with Crippen molar-refractivity contribution in [3.05, 3.63) is 29.8 Å². The van der Waals surface area contributed by atoms with E-state index in [2.05, 4.69) is 41.8 Å². The summed E-state index contributed by atoms with van der Waals surface area (Å²) in [5.74, 6) is -0.683. The standard InChI is InChI=1S/C18H26N2O2/c1-14(2)19-9-11-20(12-10-19)16-6-4-3-5-15(16)18(7-8-18)13-17(21)22/h3-6,14H,7-13H2,1-2H3,(H,21,22). The molecular formula is C18H26N2O2. The van der Waals surface area contributed by atoms with E-state index in [-0.39, 0.29) is 11.8 Å². The van der Waals surface area contributed by atoms with Crippen molar-refractivity contribution in [1.82, 2.24) is 4.90 Å². The third-order valence-corrected chi connectivity index (χ3v) is 5.20. The number of anilines is 1. The van der Waals surface area contributed by atoms with Crippen LogP contribution in [0.15, 0.2) is 24.3 Å². The highest BCUT2D eigenvalue weighted by atomic mass is 16.4. The van der Waals surface area contributed by atoms with E-state index >= 15 is 0 Å². The van der Waals surface area contributed by atoms with Crippen LogP contribution in [0.4, 0.5) is 5.69 Å². The van der Waals surface area contributed by atoms with Gasteiger partial charge in [-0.15, -0.1) is 0 Å². The molecule has 1 saturated carbocycles. The maximum atomic E-state index is 11.2. The van der Waals surface area contributed by atoms with Crippen LogP contribution in [0.25, 0.3) is 0 Å². The Kier molecular flexibility index (Phi) is 4.13. The van der Waals surface area contributed by atoms with Crippen LogP contribution in [0.3, 0.4) is 0 Å². The number of benzene rings is 1. The molecule has 1 N–H and O–H groups in total. The SMILES string of the molecule is CC(C)N1CCN(c2ccccc2C2(CC(=O)O)CC2)CC1. The smallest absolute Gasteiger partial charge is 0.304 e. The number of carbonyl (C=O) groups is 1. The average Bonchev–Trinajstić information content (AvgIpc) is 3.27. The number of carboxylic acid groups (broad SMARTS) is 1. The molecule has 22 heavy (non-hydrogen) atoms. The Labute approximate surface area is 132 Å². The molecule has 1 saturated heterocycles. The third-order valence-electron chi connectivity index (χ3n) is 5.20. The third kappa shape index (κ3) is 2.98. The molecule has 1 aromatic carbocycles. The van der Waals surface area contributed by atoms with Gasteiger partial charge < -0.3 is 10.0 Å². The Morgan fingerprint density at radius 2 is 1.82 bits per heavy atom. The molecule has 0 amide bonds. The Hall–Kier alpha value is -1.55. The highest BCUT2D eigenvalue weighted by Gasteiger charge is 2.47. The van der Waals surface area contributed by atoms with E-state index in [1.54, 1.807) is 0 Å². The van der Waals surface area contributed by atoms with E-state index in [0.29, 0.717) is 6.04 Å². The molecule has 1 aliphatic carbocycles. The quantitative estimate of drug-likeness (QED) is 0.908. The molecule has 1 aliphatic heterocycles. The Morgan fingerprint density at radius 3 is 2.36 bits per heavy atom. The molecule has 0 aromatic heterocycles. The molecule has 3 rings (SSSR count). The zero-order valence-electron chi connectivity index (χ0n) is 13.6. The molecule has 1 aromatic rings. The minimum atomic E-state index is -0.683. The lowest BCUT2D eigenvalue weighted by molar-refractivity contribution is -0.137. The summed E-state index contributed by atoms with van der Waals surface area (Å²) in [7, 11) is 0. The Morgan fingerprint density at radius 1 is 1.18 bits per heavy atom. The van der Waals surface area contributed by atoms with Crippen LogP contribution in [-0.4, -0.2) is 48.2 Å². The number of aliphatic carboxylic acids is 1. The van der Waals surface area contributed by atoms with Crippen molar-refractivity contribution in [2.45, 2.75) is 44.6 Å². The van der Waals surface area contributed by atoms with Gasteiger partial charge in [0.2, 0.25) is 0 Å². The average molecular weight is 302 g/mol. The van der Waals surface area contributed by atoms with Gasteiger partial charge in [-0.1, -0.05) is 18.2 Å². The minimum Gasteiger partial charge on any atom is -0.481 e. The van der Waals surface area contributed by atoms with E-state index < -0.39 is 5.97 Å². The number of carboxylic acids is 1. The molecule has 4 heteroatoms. The number of hydrogen-bond acceptors (Lipinski definition) is 3. The Balaban J connectivity index is 1.80. The lowest BCUT2D eigenvalue weighted by atomic mass is 9.90. The van der Waals surface area contributed by atoms with Gasteiger partial charge in [0, 0.05) is 43.3 Å². The van der Waals surface area contributed by atoms with Gasteiger partial charge in [-0.2, -0.15) is 0 Å². The molecule has 2 aliphatic rings. The predicted octanol–water partition coefficient (Wildman–Crippen LogP) is 2.72. The zero-order chi connectivity index (χ0) is 15.7. The monoisotopic (exact) mass is 302 g/mol. The summed E-state index contributed by atoms with van der Waals surface area (Å²) in [5.41, 5.74) is 2.39. The molecule has 1 heterocycles. The Bertz CT molecular complexity index is 544. The second-order valence-electron chi connectivity index (χ2n) is 6.98. The van der Waals surface area contributed by atoms with Gasteiger partial charge in [0.1, 0.15) is 0 Å². The molecular weight excluding hydrogens is 276 g/mol. The predicted molar refractivity (Wildman–Crippen MR) is 88.5 cm³/mol. The highest BCUT2D eigenvalue weighted by molar-refractivity contribution is 5.72. The number of rotatable bonds is 5. The largest absolute Gasteiger partial charge is 0.481 e. The molecule has 4 nitrogen and oxygen atoms in total. The van der Waals surface area contributed by atoms with Gasteiger partial charge in [0.15, 0.2) is 0 Å². The first-order chi connectivity index (χ1) is 10.5. The van der Waals surface area contributed by atoms with Gasteiger partial charge in [0.05, 0.1) is 6.42 Å². The van der Waals surface area contributed by atoms with Crippen molar-refractivity contribution in [2.24, 2.45) is 0 Å². The van der Waals surface area contributed by atoms with Gasteiger partial charge in [-0.25, -0.2) is 0 Å². The van der Waals surface area contributed by atoms with Gasteiger partial charge >= 0.3 is 5.97 Å². The van der Waals surface area contributed by atoms with Crippen molar-refractivity contribution < 1.29 is 9.90 Å². The summed E-state index contributed by atoms with van der Waals surface area (Å²) in [6, 6.07) is 9.03. The minimum absolute atomic E-state index is 0.113. The van der Waals surface area contributed by atoms with Crippen molar-refractivity contribution >= 4 is 11.7 Å².